The number of nitrogens with zero attached hydrogens (tertiary/aromatic N) is 1. The molecule has 0 aliphatic carbocycles. The van der Waals surface area contributed by atoms with E-state index in [-0.39, 0.29) is 11.4 Å². The van der Waals surface area contributed by atoms with E-state index in [1.54, 1.807) is 12.1 Å². The zero-order chi connectivity index (χ0) is 13.9. The molecule has 0 spiro atoms. The number of benzene rings is 1. The zero-order valence-corrected chi connectivity index (χ0v) is 12.2. The molecule has 1 aromatic carbocycles. The lowest BCUT2D eigenvalue weighted by molar-refractivity contribution is 0.178. The molecule has 0 amide bonds. The van der Waals surface area contributed by atoms with Gasteiger partial charge in [0.05, 0.1) is 0 Å². The molecule has 19 heavy (non-hydrogen) atoms. The largest absolute Gasteiger partial charge is 0.310 e. The molecule has 1 aliphatic rings. The van der Waals surface area contributed by atoms with E-state index in [1.165, 1.54) is 12.0 Å². The van der Waals surface area contributed by atoms with E-state index >= 15 is 0 Å². The molecular formula is C16H25FN2. The number of hydrogen-bond donors (Lipinski definition) is 1. The topological polar surface area (TPSA) is 15.3 Å². The SMILES string of the molecule is CC(Cc1ccc(F)cc1)N1CCCNC(C)(C)C1. The third-order valence-corrected chi connectivity index (χ3v) is 3.89. The van der Waals surface area contributed by atoms with Crippen molar-refractivity contribution in [3.05, 3.63) is 35.6 Å². The number of rotatable bonds is 3. The quantitative estimate of drug-likeness (QED) is 0.903. The predicted molar refractivity (Wildman–Crippen MR) is 77.8 cm³/mol. The van der Waals surface area contributed by atoms with Crippen molar-refractivity contribution in [2.45, 2.75) is 45.2 Å². The second-order valence-electron chi connectivity index (χ2n) is 6.31. The summed E-state index contributed by atoms with van der Waals surface area (Å²) >= 11 is 0. The van der Waals surface area contributed by atoms with Crippen molar-refractivity contribution in [2.75, 3.05) is 19.6 Å². The highest BCUT2D eigenvalue weighted by molar-refractivity contribution is 5.17. The molecule has 0 bridgehead atoms. The van der Waals surface area contributed by atoms with Crippen molar-refractivity contribution in [3.63, 3.8) is 0 Å². The Morgan fingerprint density at radius 1 is 1.32 bits per heavy atom. The van der Waals surface area contributed by atoms with E-state index in [4.69, 9.17) is 0 Å². The smallest absolute Gasteiger partial charge is 0.123 e. The van der Waals surface area contributed by atoms with E-state index in [0.29, 0.717) is 6.04 Å². The Balaban J connectivity index is 1.98. The van der Waals surface area contributed by atoms with Gasteiger partial charge in [-0.1, -0.05) is 12.1 Å². The van der Waals surface area contributed by atoms with Crippen LogP contribution in [0.15, 0.2) is 24.3 Å². The molecule has 0 aromatic heterocycles. The lowest BCUT2D eigenvalue weighted by Gasteiger charge is -2.34. The molecule has 2 nitrogen and oxygen atoms in total. The predicted octanol–water partition coefficient (Wildman–Crippen LogP) is 2.83. The van der Waals surface area contributed by atoms with Gasteiger partial charge >= 0.3 is 0 Å². The third kappa shape index (κ3) is 4.29. The van der Waals surface area contributed by atoms with Crippen LogP contribution in [0.4, 0.5) is 4.39 Å². The summed E-state index contributed by atoms with van der Waals surface area (Å²) in [5.41, 5.74) is 1.39. The van der Waals surface area contributed by atoms with Crippen LogP contribution in [0, 0.1) is 5.82 Å². The van der Waals surface area contributed by atoms with Crippen molar-refractivity contribution < 1.29 is 4.39 Å². The van der Waals surface area contributed by atoms with Gasteiger partial charge in [-0.05, 0) is 64.4 Å². The average molecular weight is 264 g/mol. The summed E-state index contributed by atoms with van der Waals surface area (Å²) in [5, 5.41) is 3.59. The number of halogens is 1. The molecule has 1 aromatic rings. The minimum absolute atomic E-state index is 0.156. The van der Waals surface area contributed by atoms with Crippen LogP contribution in [0.2, 0.25) is 0 Å². The summed E-state index contributed by atoms with van der Waals surface area (Å²) in [6.45, 7) is 10.1. The number of nitrogens with one attached hydrogen (secondary N) is 1. The van der Waals surface area contributed by atoms with Crippen molar-refractivity contribution in [3.8, 4) is 0 Å². The second kappa shape index (κ2) is 6.02. The lowest BCUT2D eigenvalue weighted by Crippen LogP contribution is -2.49. The molecule has 1 atom stereocenters. The van der Waals surface area contributed by atoms with Crippen LogP contribution in [0.3, 0.4) is 0 Å². The van der Waals surface area contributed by atoms with Gasteiger partial charge in [0.15, 0.2) is 0 Å². The van der Waals surface area contributed by atoms with E-state index in [1.807, 2.05) is 12.1 Å². The highest BCUT2D eigenvalue weighted by Gasteiger charge is 2.26. The highest BCUT2D eigenvalue weighted by atomic mass is 19.1. The number of hydrogen-bond acceptors (Lipinski definition) is 2. The monoisotopic (exact) mass is 264 g/mol. The van der Waals surface area contributed by atoms with E-state index in [0.717, 1.165) is 26.1 Å². The first kappa shape index (κ1) is 14.5. The molecule has 1 aliphatic heterocycles. The summed E-state index contributed by atoms with van der Waals surface area (Å²) in [4.78, 5) is 2.54. The summed E-state index contributed by atoms with van der Waals surface area (Å²) in [7, 11) is 0. The molecule has 1 N–H and O–H groups in total. The molecular weight excluding hydrogens is 239 g/mol. The average Bonchev–Trinajstić information content (AvgIpc) is 2.53. The second-order valence-corrected chi connectivity index (χ2v) is 6.31. The van der Waals surface area contributed by atoms with Gasteiger partial charge in [0.25, 0.3) is 0 Å². The highest BCUT2D eigenvalue weighted by Crippen LogP contribution is 2.16. The molecule has 3 heteroatoms. The van der Waals surface area contributed by atoms with Crippen LogP contribution in [-0.2, 0) is 6.42 Å². The van der Waals surface area contributed by atoms with E-state index in [9.17, 15) is 4.39 Å². The Labute approximate surface area is 116 Å². The van der Waals surface area contributed by atoms with Crippen LogP contribution in [0.25, 0.3) is 0 Å². The van der Waals surface area contributed by atoms with Gasteiger partial charge in [-0.2, -0.15) is 0 Å². The summed E-state index contributed by atoms with van der Waals surface area (Å²) in [6.07, 6.45) is 2.17. The Morgan fingerprint density at radius 3 is 2.68 bits per heavy atom. The molecule has 1 heterocycles. The maximum atomic E-state index is 12.9. The van der Waals surface area contributed by atoms with Crippen molar-refractivity contribution >= 4 is 0 Å². The minimum Gasteiger partial charge on any atom is -0.310 e. The Hall–Kier alpha value is -0.930. The first-order valence-corrected chi connectivity index (χ1v) is 7.20. The fraction of sp³-hybridized carbons (Fsp3) is 0.625. The van der Waals surface area contributed by atoms with Gasteiger partial charge in [0.1, 0.15) is 5.82 Å². The lowest BCUT2D eigenvalue weighted by atomic mass is 10.0. The first-order valence-electron chi connectivity index (χ1n) is 7.20. The molecule has 0 radical (unpaired) electrons. The van der Waals surface area contributed by atoms with Crippen LogP contribution in [-0.4, -0.2) is 36.1 Å². The standard InChI is InChI=1S/C16H25FN2/c1-13(11-14-5-7-15(17)8-6-14)19-10-4-9-18-16(2,3)12-19/h5-8,13,18H,4,9-12H2,1-3H3. The molecule has 106 valence electrons. The zero-order valence-electron chi connectivity index (χ0n) is 12.2. The minimum atomic E-state index is -0.156. The van der Waals surface area contributed by atoms with Gasteiger partial charge in [0, 0.05) is 18.1 Å². The van der Waals surface area contributed by atoms with Gasteiger partial charge in [-0.25, -0.2) is 4.39 Å². The van der Waals surface area contributed by atoms with Crippen LogP contribution in [0.5, 0.6) is 0 Å². The Bertz CT molecular complexity index is 400. The van der Waals surface area contributed by atoms with Crippen LogP contribution < -0.4 is 5.32 Å². The molecule has 1 unspecified atom stereocenters. The summed E-state index contributed by atoms with van der Waals surface area (Å²) in [5.74, 6) is -0.156. The molecule has 1 fully saturated rings. The normalized spacial score (nSPS) is 21.9. The Morgan fingerprint density at radius 2 is 2.00 bits per heavy atom. The van der Waals surface area contributed by atoms with Gasteiger partial charge in [0.2, 0.25) is 0 Å². The summed E-state index contributed by atoms with van der Waals surface area (Å²) < 4.78 is 12.9. The van der Waals surface area contributed by atoms with E-state index < -0.39 is 0 Å². The van der Waals surface area contributed by atoms with Crippen molar-refractivity contribution in [1.29, 1.82) is 0 Å². The van der Waals surface area contributed by atoms with Gasteiger partial charge in [-0.15, -0.1) is 0 Å². The van der Waals surface area contributed by atoms with Crippen LogP contribution in [0.1, 0.15) is 32.8 Å². The maximum Gasteiger partial charge on any atom is 0.123 e. The third-order valence-electron chi connectivity index (χ3n) is 3.89. The fourth-order valence-corrected chi connectivity index (χ4v) is 2.82. The van der Waals surface area contributed by atoms with Crippen LogP contribution >= 0.6 is 0 Å². The van der Waals surface area contributed by atoms with Crippen molar-refractivity contribution in [1.82, 2.24) is 10.2 Å². The molecule has 0 saturated carbocycles. The van der Waals surface area contributed by atoms with Gasteiger partial charge in [-0.3, -0.25) is 4.90 Å². The maximum absolute atomic E-state index is 12.9. The molecule has 1 saturated heterocycles. The summed E-state index contributed by atoms with van der Waals surface area (Å²) in [6, 6.07) is 7.39. The molecule has 2 rings (SSSR count). The fourth-order valence-electron chi connectivity index (χ4n) is 2.82. The Kier molecular flexibility index (Phi) is 4.58. The first-order chi connectivity index (χ1) is 8.96. The van der Waals surface area contributed by atoms with Crippen molar-refractivity contribution in [2.24, 2.45) is 0 Å². The van der Waals surface area contributed by atoms with E-state index in [2.05, 4.69) is 31.0 Å². The van der Waals surface area contributed by atoms with Gasteiger partial charge < -0.3 is 5.32 Å².